The van der Waals surface area contributed by atoms with Crippen LogP contribution < -0.4 is 19.9 Å². The maximum atomic E-state index is 13.2. The lowest BCUT2D eigenvalue weighted by atomic mass is 10.1. The van der Waals surface area contributed by atoms with E-state index in [9.17, 15) is 12.8 Å². The van der Waals surface area contributed by atoms with E-state index in [1.165, 1.54) is 31.4 Å². The minimum atomic E-state index is -3.69. The molecule has 33 heavy (non-hydrogen) atoms. The molecular formula is C23H23Cl2FN2O4S. The van der Waals surface area contributed by atoms with E-state index >= 15 is 0 Å². The van der Waals surface area contributed by atoms with Crippen molar-refractivity contribution in [3.05, 3.63) is 87.2 Å². The number of halogens is 3. The summed E-state index contributed by atoms with van der Waals surface area (Å²) in [5, 5.41) is 9.19. The first kappa shape index (κ1) is 25.3. The summed E-state index contributed by atoms with van der Waals surface area (Å²) in [6.45, 7) is 1.27. The van der Waals surface area contributed by atoms with E-state index in [0.29, 0.717) is 41.6 Å². The molecule has 0 aliphatic rings. The number of rotatable bonds is 10. The van der Waals surface area contributed by atoms with Gasteiger partial charge in [0.25, 0.3) is 0 Å². The molecule has 3 N–H and O–H groups in total. The van der Waals surface area contributed by atoms with Crippen molar-refractivity contribution >= 4 is 33.2 Å². The minimum absolute atomic E-state index is 0.0853. The van der Waals surface area contributed by atoms with Gasteiger partial charge in [0.2, 0.25) is 10.0 Å². The van der Waals surface area contributed by atoms with Crippen molar-refractivity contribution in [3.63, 3.8) is 0 Å². The summed E-state index contributed by atoms with van der Waals surface area (Å²) in [5.41, 5.74) is 2.44. The van der Waals surface area contributed by atoms with Crippen LogP contribution in [-0.4, -0.2) is 22.1 Å². The number of sulfonamides is 1. The number of ether oxygens (including phenoxy) is 2. The van der Waals surface area contributed by atoms with Gasteiger partial charge in [-0.05, 0) is 54.4 Å². The second-order valence-corrected chi connectivity index (χ2v) is 9.61. The minimum Gasteiger partial charge on any atom is -0.493 e. The van der Waals surface area contributed by atoms with E-state index in [2.05, 4.69) is 5.32 Å². The summed E-state index contributed by atoms with van der Waals surface area (Å²) in [5.74, 6) is 0.538. The summed E-state index contributed by atoms with van der Waals surface area (Å²) in [7, 11) is -2.16. The highest BCUT2D eigenvalue weighted by Gasteiger charge is 2.12. The quantitative estimate of drug-likeness (QED) is 0.384. The molecule has 0 aromatic heterocycles. The number of benzene rings is 3. The third-order valence-corrected chi connectivity index (χ3v) is 6.52. The average Bonchev–Trinajstić information content (AvgIpc) is 2.77. The van der Waals surface area contributed by atoms with E-state index in [1.54, 1.807) is 30.3 Å². The molecular weight excluding hydrogens is 490 g/mol. The summed E-state index contributed by atoms with van der Waals surface area (Å²) in [6.07, 6.45) is 0.694. The van der Waals surface area contributed by atoms with Gasteiger partial charge in [-0.25, -0.2) is 17.9 Å². The molecule has 3 rings (SSSR count). The number of methoxy groups -OCH3 is 1. The molecule has 6 nitrogen and oxygen atoms in total. The van der Waals surface area contributed by atoms with Crippen LogP contribution in [0.15, 0.2) is 59.5 Å². The second-order valence-electron chi connectivity index (χ2n) is 7.23. The van der Waals surface area contributed by atoms with E-state index < -0.39 is 15.8 Å². The molecule has 0 spiro atoms. The molecule has 0 radical (unpaired) electrons. The molecule has 10 heteroatoms. The lowest BCUT2D eigenvalue weighted by molar-refractivity contribution is 0.284. The maximum absolute atomic E-state index is 13.2. The number of primary sulfonamides is 1. The molecule has 0 unspecified atom stereocenters. The van der Waals surface area contributed by atoms with Gasteiger partial charge in [0, 0.05) is 23.2 Å². The van der Waals surface area contributed by atoms with Crippen molar-refractivity contribution in [2.24, 2.45) is 5.14 Å². The van der Waals surface area contributed by atoms with Crippen LogP contribution in [-0.2, 0) is 29.6 Å². The zero-order valence-electron chi connectivity index (χ0n) is 17.8. The summed E-state index contributed by atoms with van der Waals surface area (Å²) in [4.78, 5) is 0.0853. The van der Waals surface area contributed by atoms with Crippen molar-refractivity contribution in [1.29, 1.82) is 0 Å². The highest BCUT2D eigenvalue weighted by molar-refractivity contribution is 7.89. The Kier molecular flexibility index (Phi) is 8.56. The molecule has 0 aliphatic heterocycles. The first-order chi connectivity index (χ1) is 15.7. The zero-order valence-corrected chi connectivity index (χ0v) is 20.1. The van der Waals surface area contributed by atoms with Crippen molar-refractivity contribution in [1.82, 2.24) is 5.32 Å². The number of nitrogens with one attached hydrogen (secondary N) is 1. The van der Waals surface area contributed by atoms with Crippen LogP contribution in [0.3, 0.4) is 0 Å². The van der Waals surface area contributed by atoms with Gasteiger partial charge < -0.3 is 14.8 Å². The van der Waals surface area contributed by atoms with Gasteiger partial charge >= 0.3 is 0 Å². The van der Waals surface area contributed by atoms with Crippen LogP contribution in [0.4, 0.5) is 4.39 Å². The van der Waals surface area contributed by atoms with Crippen LogP contribution in [0.5, 0.6) is 11.5 Å². The van der Waals surface area contributed by atoms with Crippen LogP contribution in [0.2, 0.25) is 10.0 Å². The Hall–Kier alpha value is -2.36. The predicted molar refractivity (Wildman–Crippen MR) is 127 cm³/mol. The van der Waals surface area contributed by atoms with Crippen molar-refractivity contribution in [3.8, 4) is 11.5 Å². The Balaban J connectivity index is 1.57. The first-order valence-electron chi connectivity index (χ1n) is 9.93. The number of hydrogen-bond donors (Lipinski definition) is 2. The van der Waals surface area contributed by atoms with E-state index in [4.69, 9.17) is 37.8 Å². The largest absolute Gasteiger partial charge is 0.493 e. The highest BCUT2D eigenvalue weighted by atomic mass is 35.5. The van der Waals surface area contributed by atoms with Crippen LogP contribution in [0.1, 0.15) is 16.7 Å². The molecule has 3 aromatic carbocycles. The molecule has 0 aliphatic carbocycles. The number of hydrogen-bond acceptors (Lipinski definition) is 5. The molecule has 0 saturated carbocycles. The number of nitrogens with two attached hydrogens (primary N) is 1. The molecule has 3 aromatic rings. The van der Waals surface area contributed by atoms with Gasteiger partial charge in [0.15, 0.2) is 11.5 Å². The van der Waals surface area contributed by atoms with Crippen molar-refractivity contribution in [2.45, 2.75) is 24.5 Å². The first-order valence-corrected chi connectivity index (χ1v) is 12.2. The van der Waals surface area contributed by atoms with E-state index in [1.807, 2.05) is 0 Å². The van der Waals surface area contributed by atoms with Gasteiger partial charge in [-0.15, -0.1) is 0 Å². The maximum Gasteiger partial charge on any atom is 0.238 e. The zero-order chi connectivity index (χ0) is 24.0. The highest BCUT2D eigenvalue weighted by Crippen LogP contribution is 2.34. The summed E-state index contributed by atoms with van der Waals surface area (Å²) in [6, 6.07) is 14.0. The fourth-order valence-electron chi connectivity index (χ4n) is 3.08. The van der Waals surface area contributed by atoms with Crippen molar-refractivity contribution in [2.75, 3.05) is 13.7 Å². The Bertz CT molecular complexity index is 1220. The van der Waals surface area contributed by atoms with Gasteiger partial charge in [-0.1, -0.05) is 41.4 Å². The van der Waals surface area contributed by atoms with Crippen LogP contribution in [0.25, 0.3) is 0 Å². The van der Waals surface area contributed by atoms with Gasteiger partial charge in [-0.2, -0.15) is 0 Å². The monoisotopic (exact) mass is 512 g/mol. The normalized spacial score (nSPS) is 11.4. The third kappa shape index (κ3) is 7.06. The summed E-state index contributed by atoms with van der Waals surface area (Å²) >= 11 is 12.5. The van der Waals surface area contributed by atoms with E-state index in [-0.39, 0.29) is 16.5 Å². The predicted octanol–water partition coefficient (Wildman–Crippen LogP) is 4.70. The second kappa shape index (κ2) is 11.2. The average molecular weight is 513 g/mol. The lowest BCUT2D eigenvalue weighted by Gasteiger charge is -2.15. The van der Waals surface area contributed by atoms with Crippen LogP contribution >= 0.6 is 23.2 Å². The van der Waals surface area contributed by atoms with Crippen LogP contribution in [0, 0.1) is 5.82 Å². The molecule has 0 fully saturated rings. The van der Waals surface area contributed by atoms with Crippen molar-refractivity contribution < 1.29 is 22.3 Å². The van der Waals surface area contributed by atoms with Gasteiger partial charge in [0.05, 0.1) is 17.0 Å². The summed E-state index contributed by atoms with van der Waals surface area (Å²) < 4.78 is 47.1. The standard InChI is InChI=1S/C23H23Cl2FN2O4S/c1-31-22-10-17(13-28-9-8-15-2-6-19(7-3-15)33(27,29)30)21(25)12-23(22)32-14-16-4-5-18(26)11-20(16)24/h2-7,10-12,28H,8-9,13-14H2,1H3,(H2,27,29,30). The van der Waals surface area contributed by atoms with Gasteiger partial charge in [-0.3, -0.25) is 0 Å². The smallest absolute Gasteiger partial charge is 0.238 e. The molecule has 0 saturated heterocycles. The Labute approximate surface area is 202 Å². The molecule has 0 bridgehead atoms. The molecule has 0 atom stereocenters. The lowest BCUT2D eigenvalue weighted by Crippen LogP contribution is -2.17. The van der Waals surface area contributed by atoms with E-state index in [0.717, 1.165) is 11.1 Å². The Morgan fingerprint density at radius 2 is 1.67 bits per heavy atom. The molecule has 176 valence electrons. The third-order valence-electron chi connectivity index (χ3n) is 4.89. The fourth-order valence-corrected chi connectivity index (χ4v) is 4.04. The molecule has 0 amide bonds. The Morgan fingerprint density at radius 1 is 0.970 bits per heavy atom. The molecule has 0 heterocycles. The van der Waals surface area contributed by atoms with Gasteiger partial charge in [0.1, 0.15) is 12.4 Å². The Morgan fingerprint density at radius 3 is 2.30 bits per heavy atom. The fraction of sp³-hybridized carbons (Fsp3) is 0.217. The topological polar surface area (TPSA) is 90.6 Å². The SMILES string of the molecule is COc1cc(CNCCc2ccc(S(N)(=O)=O)cc2)c(Cl)cc1OCc1ccc(F)cc1Cl.